The molecule has 0 amide bonds. The number of nitrogens with one attached hydrogen (secondary N) is 1. The Kier molecular flexibility index (Phi) is 6.43. The molecule has 2 fully saturated rings. The number of likely N-dealkylation sites (tertiary alicyclic amines) is 1. The highest BCUT2D eigenvalue weighted by Gasteiger charge is 2.19. The third-order valence-corrected chi connectivity index (χ3v) is 5.42. The van der Waals surface area contributed by atoms with Crippen molar-refractivity contribution in [2.24, 2.45) is 4.99 Å². The van der Waals surface area contributed by atoms with E-state index in [-0.39, 0.29) is 0 Å². The SMILES string of the molecule is CCNC(=NCc1c(Cl)cccc1N1CCN(C)CC1)N1CCCC1. The van der Waals surface area contributed by atoms with Crippen LogP contribution in [0.2, 0.25) is 5.02 Å². The molecule has 1 aromatic carbocycles. The normalized spacial score (nSPS) is 19.6. The van der Waals surface area contributed by atoms with Gasteiger partial charge in [-0.05, 0) is 38.9 Å². The summed E-state index contributed by atoms with van der Waals surface area (Å²) in [7, 11) is 2.18. The molecule has 1 N–H and O–H groups in total. The highest BCUT2D eigenvalue weighted by molar-refractivity contribution is 6.31. The lowest BCUT2D eigenvalue weighted by atomic mass is 10.1. The van der Waals surface area contributed by atoms with Crippen LogP contribution in [0.3, 0.4) is 0 Å². The molecule has 25 heavy (non-hydrogen) atoms. The maximum absolute atomic E-state index is 6.56. The van der Waals surface area contributed by atoms with E-state index >= 15 is 0 Å². The molecule has 5 nitrogen and oxygen atoms in total. The van der Waals surface area contributed by atoms with Crippen molar-refractivity contribution in [1.29, 1.82) is 0 Å². The van der Waals surface area contributed by atoms with Gasteiger partial charge < -0.3 is 20.0 Å². The first-order valence-corrected chi connectivity index (χ1v) is 9.81. The Morgan fingerprint density at radius 2 is 1.84 bits per heavy atom. The number of hydrogen-bond acceptors (Lipinski definition) is 3. The van der Waals surface area contributed by atoms with Crippen molar-refractivity contribution in [1.82, 2.24) is 15.1 Å². The molecule has 2 aliphatic heterocycles. The highest BCUT2D eigenvalue weighted by atomic mass is 35.5. The molecule has 1 aromatic rings. The molecule has 0 aliphatic carbocycles. The van der Waals surface area contributed by atoms with Gasteiger partial charge in [0.05, 0.1) is 6.54 Å². The van der Waals surface area contributed by atoms with E-state index in [1.165, 1.54) is 18.5 Å². The summed E-state index contributed by atoms with van der Waals surface area (Å²) >= 11 is 6.56. The van der Waals surface area contributed by atoms with Crippen molar-refractivity contribution in [3.8, 4) is 0 Å². The number of anilines is 1. The summed E-state index contributed by atoms with van der Waals surface area (Å²) in [5.41, 5.74) is 2.38. The van der Waals surface area contributed by atoms with Crippen LogP contribution in [0.15, 0.2) is 23.2 Å². The fourth-order valence-electron chi connectivity index (χ4n) is 3.56. The number of piperazine rings is 1. The Bertz CT molecular complexity index is 589. The summed E-state index contributed by atoms with van der Waals surface area (Å²) in [6, 6.07) is 6.22. The van der Waals surface area contributed by atoms with Crippen LogP contribution >= 0.6 is 11.6 Å². The van der Waals surface area contributed by atoms with E-state index in [0.29, 0.717) is 6.54 Å². The summed E-state index contributed by atoms with van der Waals surface area (Å²) in [5, 5.41) is 4.25. The monoisotopic (exact) mass is 363 g/mol. The van der Waals surface area contributed by atoms with Crippen LogP contribution in [0.4, 0.5) is 5.69 Å². The molecule has 138 valence electrons. The van der Waals surface area contributed by atoms with Gasteiger partial charge in [0, 0.05) is 62.1 Å². The van der Waals surface area contributed by atoms with Crippen molar-refractivity contribution in [3.63, 3.8) is 0 Å². The Balaban J connectivity index is 1.79. The predicted molar refractivity (Wildman–Crippen MR) is 107 cm³/mol. The Hall–Kier alpha value is -1.46. The molecular formula is C19H30ClN5. The quantitative estimate of drug-likeness (QED) is 0.658. The van der Waals surface area contributed by atoms with Gasteiger partial charge in [-0.25, -0.2) is 4.99 Å². The summed E-state index contributed by atoms with van der Waals surface area (Å²) in [6.07, 6.45) is 2.51. The second-order valence-electron chi connectivity index (χ2n) is 6.89. The Labute approximate surface area is 156 Å². The van der Waals surface area contributed by atoms with Crippen molar-refractivity contribution in [2.75, 3.05) is 57.8 Å². The molecule has 0 spiro atoms. The van der Waals surface area contributed by atoms with Gasteiger partial charge >= 0.3 is 0 Å². The molecule has 0 aromatic heterocycles. The average molecular weight is 364 g/mol. The molecule has 2 heterocycles. The number of nitrogens with zero attached hydrogens (tertiary/aromatic N) is 4. The van der Waals surface area contributed by atoms with Gasteiger partial charge in [0.1, 0.15) is 0 Å². The second kappa shape index (κ2) is 8.77. The smallest absolute Gasteiger partial charge is 0.194 e. The lowest BCUT2D eigenvalue weighted by Gasteiger charge is -2.35. The summed E-state index contributed by atoms with van der Waals surface area (Å²) in [6.45, 7) is 10.1. The van der Waals surface area contributed by atoms with Gasteiger partial charge in [0.2, 0.25) is 0 Å². The molecule has 0 radical (unpaired) electrons. The summed E-state index contributed by atoms with van der Waals surface area (Å²) in [4.78, 5) is 12.1. The summed E-state index contributed by atoms with van der Waals surface area (Å²) < 4.78 is 0. The van der Waals surface area contributed by atoms with E-state index in [1.807, 2.05) is 6.07 Å². The van der Waals surface area contributed by atoms with Gasteiger partial charge in [0.25, 0.3) is 0 Å². The van der Waals surface area contributed by atoms with Crippen LogP contribution in [0.25, 0.3) is 0 Å². The lowest BCUT2D eigenvalue weighted by molar-refractivity contribution is 0.312. The van der Waals surface area contributed by atoms with Gasteiger partial charge in [-0.2, -0.15) is 0 Å². The molecule has 0 atom stereocenters. The molecule has 6 heteroatoms. The van der Waals surface area contributed by atoms with Crippen LogP contribution in [0, 0.1) is 0 Å². The largest absolute Gasteiger partial charge is 0.369 e. The highest BCUT2D eigenvalue weighted by Crippen LogP contribution is 2.29. The van der Waals surface area contributed by atoms with Crippen LogP contribution in [0.1, 0.15) is 25.3 Å². The zero-order valence-electron chi connectivity index (χ0n) is 15.5. The number of rotatable bonds is 4. The Morgan fingerprint density at radius 1 is 1.12 bits per heavy atom. The van der Waals surface area contributed by atoms with Crippen LogP contribution in [0.5, 0.6) is 0 Å². The van der Waals surface area contributed by atoms with Gasteiger partial charge in [-0.1, -0.05) is 17.7 Å². The van der Waals surface area contributed by atoms with E-state index in [9.17, 15) is 0 Å². The molecule has 0 bridgehead atoms. The van der Waals surface area contributed by atoms with Gasteiger partial charge in [-0.3, -0.25) is 0 Å². The number of guanidine groups is 1. The van der Waals surface area contributed by atoms with E-state index in [2.05, 4.69) is 46.1 Å². The third kappa shape index (κ3) is 4.59. The topological polar surface area (TPSA) is 34.1 Å². The van der Waals surface area contributed by atoms with Crippen LogP contribution in [-0.2, 0) is 6.54 Å². The molecule has 2 aliphatic rings. The maximum Gasteiger partial charge on any atom is 0.194 e. The van der Waals surface area contributed by atoms with E-state index in [1.54, 1.807) is 0 Å². The minimum Gasteiger partial charge on any atom is -0.369 e. The number of halogens is 1. The molecule has 2 saturated heterocycles. The van der Waals surface area contributed by atoms with Crippen molar-refractivity contribution in [3.05, 3.63) is 28.8 Å². The first-order valence-electron chi connectivity index (χ1n) is 9.43. The van der Waals surface area contributed by atoms with Crippen LogP contribution in [-0.4, -0.2) is 68.6 Å². The van der Waals surface area contributed by atoms with Crippen LogP contribution < -0.4 is 10.2 Å². The molecule has 3 rings (SSSR count). The summed E-state index contributed by atoms with van der Waals surface area (Å²) in [5.74, 6) is 1.02. The first kappa shape index (κ1) is 18.3. The van der Waals surface area contributed by atoms with Crippen molar-refractivity contribution < 1.29 is 0 Å². The zero-order chi connectivity index (χ0) is 17.6. The predicted octanol–water partition coefficient (Wildman–Crippen LogP) is 2.65. The fraction of sp³-hybridized carbons (Fsp3) is 0.632. The zero-order valence-corrected chi connectivity index (χ0v) is 16.2. The standard InChI is InChI=1S/C19H30ClN5/c1-3-21-19(25-9-4-5-10-25)22-15-16-17(20)7-6-8-18(16)24-13-11-23(2)12-14-24/h6-8H,3-5,9-15H2,1-2H3,(H,21,22). The van der Waals surface area contributed by atoms with Crippen molar-refractivity contribution >= 4 is 23.2 Å². The third-order valence-electron chi connectivity index (χ3n) is 5.07. The maximum atomic E-state index is 6.56. The number of hydrogen-bond donors (Lipinski definition) is 1. The molecule has 0 saturated carbocycles. The minimum absolute atomic E-state index is 0.625. The minimum atomic E-state index is 0.625. The number of benzene rings is 1. The van der Waals surface area contributed by atoms with E-state index in [0.717, 1.165) is 62.4 Å². The Morgan fingerprint density at radius 3 is 2.52 bits per heavy atom. The lowest BCUT2D eigenvalue weighted by Crippen LogP contribution is -2.44. The second-order valence-corrected chi connectivity index (χ2v) is 7.30. The molecular weight excluding hydrogens is 334 g/mol. The van der Waals surface area contributed by atoms with E-state index < -0.39 is 0 Å². The molecule has 0 unspecified atom stereocenters. The fourth-order valence-corrected chi connectivity index (χ4v) is 3.79. The first-order chi connectivity index (χ1) is 12.2. The van der Waals surface area contributed by atoms with E-state index in [4.69, 9.17) is 16.6 Å². The van der Waals surface area contributed by atoms with Gasteiger partial charge in [0.15, 0.2) is 5.96 Å². The number of aliphatic imine (C=N–C) groups is 1. The number of likely N-dealkylation sites (N-methyl/N-ethyl adjacent to an activating group) is 1. The average Bonchev–Trinajstić information content (AvgIpc) is 3.14. The van der Waals surface area contributed by atoms with Gasteiger partial charge in [-0.15, -0.1) is 0 Å². The van der Waals surface area contributed by atoms with Crippen molar-refractivity contribution in [2.45, 2.75) is 26.3 Å².